The second kappa shape index (κ2) is 10.2. The third-order valence-corrected chi connectivity index (χ3v) is 3.14. The summed E-state index contributed by atoms with van der Waals surface area (Å²) in [6, 6.07) is 9.83. The molecule has 0 aliphatic carbocycles. The van der Waals surface area contributed by atoms with Crippen LogP contribution in [0.3, 0.4) is 0 Å². The van der Waals surface area contributed by atoms with Gasteiger partial charge in [-0.25, -0.2) is 0 Å². The van der Waals surface area contributed by atoms with Crippen molar-refractivity contribution in [3.63, 3.8) is 0 Å². The zero-order valence-corrected chi connectivity index (χ0v) is 12.4. The van der Waals surface area contributed by atoms with Crippen LogP contribution < -0.4 is 5.32 Å². The van der Waals surface area contributed by atoms with Gasteiger partial charge in [-0.15, -0.1) is 12.4 Å². The molecule has 0 aromatic heterocycles. The number of hydrogen-bond donors (Lipinski definition) is 1. The Morgan fingerprint density at radius 2 is 2.06 bits per heavy atom. The van der Waals surface area contributed by atoms with E-state index in [9.17, 15) is 4.79 Å². The molecule has 0 aliphatic heterocycles. The Kier molecular flexibility index (Phi) is 9.83. The number of nitrogens with one attached hydrogen (secondary N) is 1. The van der Waals surface area contributed by atoms with Crippen LogP contribution in [-0.2, 0) is 16.1 Å². The van der Waals surface area contributed by atoms with E-state index in [4.69, 9.17) is 4.74 Å². The molecule has 0 radical (unpaired) electrons. The molecule has 1 aromatic rings. The van der Waals surface area contributed by atoms with Gasteiger partial charge < -0.3 is 10.1 Å². The molecular weight excluding hydrogens is 270 g/mol. The summed E-state index contributed by atoms with van der Waals surface area (Å²) in [5, 5.41) is 3.23. The van der Waals surface area contributed by atoms with Crippen molar-refractivity contribution in [2.24, 2.45) is 0 Å². The number of carbonyl (C=O) groups excluding carboxylic acids is 1. The van der Waals surface area contributed by atoms with Gasteiger partial charge in [-0.2, -0.15) is 11.8 Å². The van der Waals surface area contributed by atoms with Gasteiger partial charge in [0, 0.05) is 6.54 Å². The van der Waals surface area contributed by atoms with Gasteiger partial charge in [-0.1, -0.05) is 30.3 Å². The van der Waals surface area contributed by atoms with Crippen molar-refractivity contribution in [1.29, 1.82) is 0 Å². The maximum absolute atomic E-state index is 11.5. The van der Waals surface area contributed by atoms with E-state index in [0.717, 1.165) is 12.2 Å². The van der Waals surface area contributed by atoms with Crippen LogP contribution >= 0.6 is 24.2 Å². The number of hydrogen-bond acceptors (Lipinski definition) is 4. The lowest BCUT2D eigenvalue weighted by Gasteiger charge is -2.15. The van der Waals surface area contributed by atoms with E-state index in [1.54, 1.807) is 11.8 Å². The number of halogens is 1. The Balaban J connectivity index is 0.00000289. The summed E-state index contributed by atoms with van der Waals surface area (Å²) < 4.78 is 4.79. The van der Waals surface area contributed by atoms with E-state index in [2.05, 4.69) is 5.32 Å². The van der Waals surface area contributed by atoms with E-state index < -0.39 is 0 Å². The fourth-order valence-electron chi connectivity index (χ4n) is 1.52. The summed E-state index contributed by atoms with van der Waals surface area (Å²) in [6.07, 6.45) is 2.83. The van der Waals surface area contributed by atoms with E-state index in [1.165, 1.54) is 12.7 Å². The van der Waals surface area contributed by atoms with Crippen LogP contribution in [0.4, 0.5) is 0 Å². The maximum Gasteiger partial charge on any atom is 0.322 e. The van der Waals surface area contributed by atoms with Crippen LogP contribution in [0.2, 0.25) is 0 Å². The monoisotopic (exact) mass is 289 g/mol. The Labute approximate surface area is 119 Å². The van der Waals surface area contributed by atoms with Crippen molar-refractivity contribution in [1.82, 2.24) is 5.32 Å². The average Bonchev–Trinajstić information content (AvgIpc) is 2.39. The summed E-state index contributed by atoms with van der Waals surface area (Å²) in [4.78, 5) is 11.5. The second-order valence-corrected chi connectivity index (χ2v) is 4.71. The molecule has 0 aliphatic rings. The molecule has 0 bridgehead atoms. The number of benzene rings is 1. The predicted octanol–water partition coefficient (Wildman–Crippen LogP) is 2.49. The highest BCUT2D eigenvalue weighted by Crippen LogP contribution is 2.04. The zero-order chi connectivity index (χ0) is 12.5. The zero-order valence-electron chi connectivity index (χ0n) is 10.7. The van der Waals surface area contributed by atoms with E-state index >= 15 is 0 Å². The summed E-state index contributed by atoms with van der Waals surface area (Å²) in [5.41, 5.74) is 1.17. The Hall–Kier alpha value is -0.710. The fraction of sp³-hybridized carbons (Fsp3) is 0.462. The maximum atomic E-state index is 11.5. The van der Waals surface area contributed by atoms with Gasteiger partial charge in [0.15, 0.2) is 0 Å². The SMILES string of the molecule is COC(=O)C(CCSC)NCc1ccccc1.Cl. The van der Waals surface area contributed by atoms with Gasteiger partial charge in [0.2, 0.25) is 0 Å². The molecule has 5 heteroatoms. The molecule has 0 saturated heterocycles. The molecule has 102 valence electrons. The quantitative estimate of drug-likeness (QED) is 0.783. The summed E-state index contributed by atoms with van der Waals surface area (Å²) in [5.74, 6) is 0.761. The fourth-order valence-corrected chi connectivity index (χ4v) is 1.99. The first-order valence-electron chi connectivity index (χ1n) is 5.62. The standard InChI is InChI=1S/C13H19NO2S.ClH/c1-16-13(15)12(8-9-17-2)14-10-11-6-4-3-5-7-11;/h3-7,12,14H,8-10H2,1-2H3;1H. The number of thioether (sulfide) groups is 1. The molecule has 1 N–H and O–H groups in total. The number of carbonyl (C=O) groups is 1. The molecule has 0 amide bonds. The van der Waals surface area contributed by atoms with Crippen molar-refractivity contribution < 1.29 is 9.53 Å². The molecule has 1 rings (SSSR count). The van der Waals surface area contributed by atoms with E-state index in [1.807, 2.05) is 36.6 Å². The first-order chi connectivity index (χ1) is 8.27. The summed E-state index contributed by atoms with van der Waals surface area (Å²) in [6.45, 7) is 0.689. The molecule has 1 aromatic carbocycles. The minimum Gasteiger partial charge on any atom is -0.468 e. The van der Waals surface area contributed by atoms with Crippen molar-refractivity contribution in [3.05, 3.63) is 35.9 Å². The Morgan fingerprint density at radius 1 is 1.39 bits per heavy atom. The van der Waals surface area contributed by atoms with Crippen molar-refractivity contribution in [3.8, 4) is 0 Å². The highest BCUT2D eigenvalue weighted by Gasteiger charge is 2.17. The van der Waals surface area contributed by atoms with Crippen molar-refractivity contribution >= 4 is 30.1 Å². The van der Waals surface area contributed by atoms with E-state index in [-0.39, 0.29) is 24.4 Å². The lowest BCUT2D eigenvalue weighted by atomic mass is 10.2. The molecule has 18 heavy (non-hydrogen) atoms. The van der Waals surface area contributed by atoms with Crippen LogP contribution in [0.1, 0.15) is 12.0 Å². The minimum atomic E-state index is -0.215. The highest BCUT2D eigenvalue weighted by atomic mass is 35.5. The van der Waals surface area contributed by atoms with Gasteiger partial charge in [0.1, 0.15) is 6.04 Å². The normalized spacial score (nSPS) is 11.4. The van der Waals surface area contributed by atoms with Crippen LogP contribution in [0.25, 0.3) is 0 Å². The molecule has 3 nitrogen and oxygen atoms in total. The molecule has 0 spiro atoms. The molecule has 0 heterocycles. The van der Waals surface area contributed by atoms with Gasteiger partial charge in [0.25, 0.3) is 0 Å². The summed E-state index contributed by atoms with van der Waals surface area (Å²) in [7, 11) is 1.43. The molecule has 1 atom stereocenters. The topological polar surface area (TPSA) is 38.3 Å². The third-order valence-electron chi connectivity index (χ3n) is 2.49. The number of rotatable bonds is 7. The van der Waals surface area contributed by atoms with Crippen molar-refractivity contribution in [2.75, 3.05) is 19.1 Å². The smallest absolute Gasteiger partial charge is 0.322 e. The third kappa shape index (κ3) is 6.28. The number of ether oxygens (including phenoxy) is 1. The van der Waals surface area contributed by atoms with Crippen LogP contribution in [-0.4, -0.2) is 31.1 Å². The van der Waals surface area contributed by atoms with E-state index in [0.29, 0.717) is 6.54 Å². The van der Waals surface area contributed by atoms with Gasteiger partial charge in [0.05, 0.1) is 7.11 Å². The molecule has 0 saturated carbocycles. The second-order valence-electron chi connectivity index (χ2n) is 3.72. The van der Waals surface area contributed by atoms with Gasteiger partial charge in [-0.05, 0) is 24.0 Å². The number of esters is 1. The van der Waals surface area contributed by atoms with Crippen molar-refractivity contribution in [2.45, 2.75) is 19.0 Å². The van der Waals surface area contributed by atoms with Gasteiger partial charge >= 0.3 is 5.97 Å². The largest absolute Gasteiger partial charge is 0.468 e. The minimum absolute atomic E-state index is 0. The molecular formula is C13H20ClNO2S. The molecule has 0 fully saturated rings. The first-order valence-corrected chi connectivity index (χ1v) is 7.01. The Bertz CT molecular complexity index is 335. The summed E-state index contributed by atoms with van der Waals surface area (Å²) >= 11 is 1.73. The van der Waals surface area contributed by atoms with Crippen LogP contribution in [0.15, 0.2) is 30.3 Å². The van der Waals surface area contributed by atoms with Crippen LogP contribution in [0.5, 0.6) is 0 Å². The van der Waals surface area contributed by atoms with Crippen LogP contribution in [0, 0.1) is 0 Å². The average molecular weight is 290 g/mol. The Morgan fingerprint density at radius 3 is 2.61 bits per heavy atom. The predicted molar refractivity (Wildman–Crippen MR) is 79.3 cm³/mol. The number of methoxy groups -OCH3 is 1. The lowest BCUT2D eigenvalue weighted by Crippen LogP contribution is -2.37. The lowest BCUT2D eigenvalue weighted by molar-refractivity contribution is -0.143. The molecule has 1 unspecified atom stereocenters. The first kappa shape index (κ1) is 17.3. The van der Waals surface area contributed by atoms with Gasteiger partial charge in [-0.3, -0.25) is 4.79 Å². The highest BCUT2D eigenvalue weighted by molar-refractivity contribution is 7.98.